The number of quaternary nitrogens is 1. The first-order chi connectivity index (χ1) is 12.8. The Morgan fingerprint density at radius 3 is 2.73 bits per heavy atom. The lowest BCUT2D eigenvalue weighted by atomic mass is 10.2. The van der Waals surface area contributed by atoms with Crippen molar-refractivity contribution in [3.05, 3.63) is 65.7 Å². The Balaban J connectivity index is 1.35. The van der Waals surface area contributed by atoms with Gasteiger partial charge in [0, 0.05) is 24.8 Å². The highest BCUT2D eigenvalue weighted by atomic mass is 32.2. The van der Waals surface area contributed by atoms with Crippen LogP contribution in [0.1, 0.15) is 17.5 Å². The first-order valence-corrected chi connectivity index (χ1v) is 9.72. The Hall–Kier alpha value is -2.38. The van der Waals surface area contributed by atoms with Crippen LogP contribution in [0, 0.1) is 0 Å². The summed E-state index contributed by atoms with van der Waals surface area (Å²) in [4.78, 5) is 0. The largest absolute Gasteiger partial charge is 0.489 e. The van der Waals surface area contributed by atoms with Gasteiger partial charge in [0.1, 0.15) is 18.9 Å². The van der Waals surface area contributed by atoms with Crippen molar-refractivity contribution >= 4 is 11.8 Å². The minimum Gasteiger partial charge on any atom is -0.489 e. The fourth-order valence-electron chi connectivity index (χ4n) is 2.51. The number of hydrogen-bond donors (Lipinski definition) is 1. The van der Waals surface area contributed by atoms with E-state index in [9.17, 15) is 0 Å². The SMILES string of the molecule is Cn1nnnc1SCCC[NH2+]Cc1cccc(OCc2ccccc2)c1. The van der Waals surface area contributed by atoms with Gasteiger partial charge in [0.15, 0.2) is 0 Å². The molecule has 0 radical (unpaired) electrons. The van der Waals surface area contributed by atoms with Crippen molar-refractivity contribution < 1.29 is 10.1 Å². The maximum absolute atomic E-state index is 5.89. The number of hydrogen-bond acceptors (Lipinski definition) is 5. The Morgan fingerprint density at radius 1 is 1.08 bits per heavy atom. The number of rotatable bonds is 10. The van der Waals surface area contributed by atoms with Gasteiger partial charge in [0.25, 0.3) is 0 Å². The van der Waals surface area contributed by atoms with Crippen molar-refractivity contribution in [3.63, 3.8) is 0 Å². The minimum absolute atomic E-state index is 0.599. The summed E-state index contributed by atoms with van der Waals surface area (Å²) in [5.74, 6) is 1.94. The van der Waals surface area contributed by atoms with Gasteiger partial charge < -0.3 is 10.1 Å². The summed E-state index contributed by atoms with van der Waals surface area (Å²) in [5, 5.41) is 14.6. The number of thioether (sulfide) groups is 1. The molecular formula is C19H24N5OS+. The van der Waals surface area contributed by atoms with E-state index in [1.807, 2.05) is 31.3 Å². The number of benzene rings is 2. The van der Waals surface area contributed by atoms with Gasteiger partial charge in [-0.25, -0.2) is 4.68 Å². The zero-order valence-corrected chi connectivity index (χ0v) is 15.7. The van der Waals surface area contributed by atoms with Gasteiger partial charge in [-0.05, 0) is 28.1 Å². The summed E-state index contributed by atoms with van der Waals surface area (Å²) in [5.41, 5.74) is 2.46. The maximum atomic E-state index is 5.89. The van der Waals surface area contributed by atoms with Crippen LogP contribution in [-0.2, 0) is 20.2 Å². The van der Waals surface area contributed by atoms with Crippen molar-refractivity contribution in [2.45, 2.75) is 24.7 Å². The molecule has 0 bridgehead atoms. The van der Waals surface area contributed by atoms with E-state index in [0.717, 1.165) is 36.2 Å². The van der Waals surface area contributed by atoms with E-state index in [1.54, 1.807) is 16.4 Å². The van der Waals surface area contributed by atoms with E-state index < -0.39 is 0 Å². The zero-order valence-electron chi connectivity index (χ0n) is 14.9. The first-order valence-electron chi connectivity index (χ1n) is 8.74. The number of nitrogens with zero attached hydrogens (tertiary/aromatic N) is 4. The molecule has 0 atom stereocenters. The van der Waals surface area contributed by atoms with Crippen LogP contribution in [0.2, 0.25) is 0 Å². The number of aryl methyl sites for hydroxylation is 1. The van der Waals surface area contributed by atoms with Crippen molar-refractivity contribution in [3.8, 4) is 5.75 Å². The van der Waals surface area contributed by atoms with Crippen LogP contribution in [0.5, 0.6) is 5.75 Å². The number of nitrogens with two attached hydrogens (primary N) is 1. The normalized spacial score (nSPS) is 10.8. The number of aromatic nitrogens is 4. The Labute approximate surface area is 158 Å². The third kappa shape index (κ3) is 5.86. The van der Waals surface area contributed by atoms with Crippen LogP contribution in [0.15, 0.2) is 59.8 Å². The smallest absolute Gasteiger partial charge is 0.209 e. The second-order valence-corrected chi connectivity index (χ2v) is 7.05. The molecule has 0 aliphatic heterocycles. The fraction of sp³-hybridized carbons (Fsp3) is 0.316. The monoisotopic (exact) mass is 370 g/mol. The average Bonchev–Trinajstić information content (AvgIpc) is 3.09. The highest BCUT2D eigenvalue weighted by Gasteiger charge is 2.03. The van der Waals surface area contributed by atoms with Crippen molar-refractivity contribution in [2.24, 2.45) is 7.05 Å². The molecule has 0 unspecified atom stereocenters. The Bertz CT molecular complexity index is 793. The third-order valence-corrected chi connectivity index (χ3v) is 4.99. The summed E-state index contributed by atoms with van der Waals surface area (Å²) in [6.07, 6.45) is 1.11. The molecule has 0 fully saturated rings. The lowest BCUT2D eigenvalue weighted by molar-refractivity contribution is -0.670. The molecule has 3 rings (SSSR count). The quantitative estimate of drug-likeness (QED) is 0.437. The molecule has 0 saturated heterocycles. The lowest BCUT2D eigenvalue weighted by Gasteiger charge is -2.08. The predicted octanol–water partition coefficient (Wildman–Crippen LogP) is 2.03. The van der Waals surface area contributed by atoms with E-state index in [-0.39, 0.29) is 0 Å². The number of tetrazole rings is 1. The lowest BCUT2D eigenvalue weighted by Crippen LogP contribution is -2.82. The van der Waals surface area contributed by atoms with Crippen LogP contribution in [0.4, 0.5) is 0 Å². The highest BCUT2D eigenvalue weighted by Crippen LogP contribution is 2.15. The molecule has 2 aromatic carbocycles. The van der Waals surface area contributed by atoms with Gasteiger partial charge in [-0.2, -0.15) is 0 Å². The van der Waals surface area contributed by atoms with Gasteiger partial charge in [-0.1, -0.05) is 54.2 Å². The van der Waals surface area contributed by atoms with Crippen LogP contribution < -0.4 is 10.1 Å². The van der Waals surface area contributed by atoms with Gasteiger partial charge >= 0.3 is 0 Å². The van der Waals surface area contributed by atoms with E-state index in [4.69, 9.17) is 4.74 Å². The molecule has 7 heteroatoms. The standard InChI is InChI=1S/C19H23N5OS/c1-24-19(21-22-23-24)26-12-6-11-20-14-17-9-5-10-18(13-17)25-15-16-7-3-2-4-8-16/h2-5,7-10,13,20H,6,11-12,14-15H2,1H3/p+1. The summed E-state index contributed by atoms with van der Waals surface area (Å²) in [6.45, 7) is 2.63. The zero-order chi connectivity index (χ0) is 18.0. The summed E-state index contributed by atoms with van der Waals surface area (Å²) in [7, 11) is 1.86. The molecule has 136 valence electrons. The molecule has 0 aliphatic rings. The highest BCUT2D eigenvalue weighted by molar-refractivity contribution is 7.99. The molecule has 0 spiro atoms. The van der Waals surface area contributed by atoms with E-state index in [1.165, 1.54) is 11.1 Å². The average molecular weight is 371 g/mol. The van der Waals surface area contributed by atoms with Gasteiger partial charge in [-0.3, -0.25) is 0 Å². The third-order valence-electron chi connectivity index (χ3n) is 3.89. The molecule has 1 heterocycles. The van der Waals surface area contributed by atoms with Crippen molar-refractivity contribution in [1.29, 1.82) is 0 Å². The van der Waals surface area contributed by atoms with Crippen molar-refractivity contribution in [2.75, 3.05) is 12.3 Å². The topological polar surface area (TPSA) is 69.4 Å². The first kappa shape index (κ1) is 18.4. The number of ether oxygens (including phenoxy) is 1. The molecule has 26 heavy (non-hydrogen) atoms. The van der Waals surface area contributed by atoms with E-state index >= 15 is 0 Å². The van der Waals surface area contributed by atoms with Gasteiger partial charge in [0.2, 0.25) is 5.16 Å². The summed E-state index contributed by atoms with van der Waals surface area (Å²) >= 11 is 1.69. The van der Waals surface area contributed by atoms with Crippen LogP contribution >= 0.6 is 11.8 Å². The summed E-state index contributed by atoms with van der Waals surface area (Å²) in [6, 6.07) is 18.6. The minimum atomic E-state index is 0.599. The second kappa shape index (κ2) is 9.94. The molecule has 6 nitrogen and oxygen atoms in total. The van der Waals surface area contributed by atoms with Crippen LogP contribution in [0.25, 0.3) is 0 Å². The van der Waals surface area contributed by atoms with E-state index in [0.29, 0.717) is 6.61 Å². The maximum Gasteiger partial charge on any atom is 0.209 e. The fourth-order valence-corrected chi connectivity index (χ4v) is 3.32. The van der Waals surface area contributed by atoms with Crippen LogP contribution in [0.3, 0.4) is 0 Å². The van der Waals surface area contributed by atoms with E-state index in [2.05, 4.69) is 51.2 Å². The Morgan fingerprint density at radius 2 is 1.92 bits per heavy atom. The molecule has 0 aliphatic carbocycles. The molecule has 2 N–H and O–H groups in total. The van der Waals surface area contributed by atoms with Gasteiger partial charge in [0.05, 0.1) is 6.54 Å². The van der Waals surface area contributed by atoms with Crippen molar-refractivity contribution in [1.82, 2.24) is 20.2 Å². The summed E-state index contributed by atoms with van der Waals surface area (Å²) < 4.78 is 7.60. The molecular weight excluding hydrogens is 346 g/mol. The second-order valence-electron chi connectivity index (χ2n) is 5.99. The Kier molecular flexibility index (Phi) is 7.04. The molecule has 0 saturated carbocycles. The molecule has 0 amide bonds. The molecule has 3 aromatic rings. The predicted molar refractivity (Wildman–Crippen MR) is 102 cm³/mol. The molecule has 1 aromatic heterocycles. The van der Waals surface area contributed by atoms with Crippen LogP contribution in [-0.4, -0.2) is 32.5 Å². The van der Waals surface area contributed by atoms with Gasteiger partial charge in [-0.15, -0.1) is 5.10 Å².